The molecule has 1 aliphatic rings. The van der Waals surface area contributed by atoms with Gasteiger partial charge in [-0.3, -0.25) is 5.10 Å². The van der Waals surface area contributed by atoms with Gasteiger partial charge in [0.2, 0.25) is 0 Å². The van der Waals surface area contributed by atoms with E-state index in [2.05, 4.69) is 15.5 Å². The second-order valence-electron chi connectivity index (χ2n) is 4.21. The summed E-state index contributed by atoms with van der Waals surface area (Å²) in [6, 6.07) is 5.72. The van der Waals surface area contributed by atoms with Crippen molar-refractivity contribution in [3.8, 4) is 11.3 Å². The number of rotatable bonds is 3. The van der Waals surface area contributed by atoms with Crippen LogP contribution in [0.2, 0.25) is 0 Å². The van der Waals surface area contributed by atoms with E-state index in [-0.39, 0.29) is 0 Å². The first-order valence-corrected chi connectivity index (χ1v) is 5.50. The van der Waals surface area contributed by atoms with E-state index in [4.69, 9.17) is 0 Å². The van der Waals surface area contributed by atoms with Crippen LogP contribution in [0.15, 0.2) is 24.3 Å². The van der Waals surface area contributed by atoms with Gasteiger partial charge in [0.25, 0.3) is 0 Å². The van der Waals surface area contributed by atoms with E-state index < -0.39 is 11.6 Å². The lowest BCUT2D eigenvalue weighted by Crippen LogP contribution is -2.00. The number of hydrogen-bond acceptors (Lipinski definition) is 2. The number of aromatic nitrogens is 2. The molecule has 0 unspecified atom stereocenters. The second kappa shape index (κ2) is 3.84. The summed E-state index contributed by atoms with van der Waals surface area (Å²) < 4.78 is 26.3. The molecule has 1 aliphatic carbocycles. The van der Waals surface area contributed by atoms with Crippen LogP contribution in [0.3, 0.4) is 0 Å². The first kappa shape index (κ1) is 10.3. The fourth-order valence-corrected chi connectivity index (χ4v) is 1.68. The summed E-state index contributed by atoms with van der Waals surface area (Å²) in [6.45, 7) is 0. The molecular weight excluding hydrogens is 224 g/mol. The minimum atomic E-state index is -0.591. The predicted octanol–water partition coefficient (Wildman–Crippen LogP) is 2.93. The number of anilines is 1. The Morgan fingerprint density at radius 1 is 1.24 bits per heavy atom. The van der Waals surface area contributed by atoms with Crippen LogP contribution in [-0.4, -0.2) is 16.2 Å². The summed E-state index contributed by atoms with van der Waals surface area (Å²) in [5.41, 5.74) is 0.869. The van der Waals surface area contributed by atoms with Crippen molar-refractivity contribution < 1.29 is 8.78 Å². The van der Waals surface area contributed by atoms with Gasteiger partial charge in [-0.15, -0.1) is 0 Å². The molecule has 3 nitrogen and oxygen atoms in total. The van der Waals surface area contributed by atoms with Crippen LogP contribution >= 0.6 is 0 Å². The highest BCUT2D eigenvalue weighted by Crippen LogP contribution is 2.27. The zero-order valence-electron chi connectivity index (χ0n) is 9.00. The highest BCUT2D eigenvalue weighted by atomic mass is 19.1. The predicted molar refractivity (Wildman–Crippen MR) is 60.6 cm³/mol. The molecule has 3 rings (SSSR count). The molecule has 0 aliphatic heterocycles. The number of hydrogen-bond donors (Lipinski definition) is 2. The zero-order chi connectivity index (χ0) is 11.8. The lowest BCUT2D eigenvalue weighted by molar-refractivity contribution is 0.585. The normalized spacial score (nSPS) is 14.9. The van der Waals surface area contributed by atoms with E-state index in [1.165, 1.54) is 12.1 Å². The molecule has 0 bridgehead atoms. The van der Waals surface area contributed by atoms with Crippen LogP contribution in [0.5, 0.6) is 0 Å². The average Bonchev–Trinajstić information content (AvgIpc) is 2.96. The maximum atomic E-state index is 13.5. The Labute approximate surface area is 96.9 Å². The molecule has 1 fully saturated rings. The summed E-state index contributed by atoms with van der Waals surface area (Å²) in [7, 11) is 0. The third-order valence-electron chi connectivity index (χ3n) is 2.73. The molecule has 1 aromatic heterocycles. The summed E-state index contributed by atoms with van der Waals surface area (Å²) in [6.07, 6.45) is 2.29. The van der Waals surface area contributed by atoms with Crippen molar-refractivity contribution in [2.45, 2.75) is 18.9 Å². The summed E-state index contributed by atoms with van der Waals surface area (Å²) >= 11 is 0. The maximum absolute atomic E-state index is 13.5. The fraction of sp³-hybridized carbons (Fsp3) is 0.250. The minimum absolute atomic E-state index is 0.322. The lowest BCUT2D eigenvalue weighted by Gasteiger charge is -1.99. The van der Waals surface area contributed by atoms with E-state index in [0.717, 1.165) is 18.9 Å². The number of halogens is 2. The average molecular weight is 235 g/mol. The van der Waals surface area contributed by atoms with Crippen molar-refractivity contribution in [1.82, 2.24) is 10.2 Å². The summed E-state index contributed by atoms with van der Waals surface area (Å²) in [4.78, 5) is 0. The van der Waals surface area contributed by atoms with Crippen LogP contribution in [-0.2, 0) is 0 Å². The van der Waals surface area contributed by atoms with E-state index in [1.54, 1.807) is 6.07 Å². The van der Waals surface area contributed by atoms with Gasteiger partial charge in [-0.1, -0.05) is 0 Å². The monoisotopic (exact) mass is 235 g/mol. The molecule has 5 heteroatoms. The molecule has 2 N–H and O–H groups in total. The number of nitrogens with one attached hydrogen (secondary N) is 2. The number of nitrogens with zero attached hydrogens (tertiary/aromatic N) is 1. The first-order valence-electron chi connectivity index (χ1n) is 5.50. The molecule has 1 saturated carbocycles. The largest absolute Gasteiger partial charge is 0.366 e. The molecule has 1 aromatic carbocycles. The molecule has 0 saturated heterocycles. The first-order chi connectivity index (χ1) is 8.22. The highest BCUT2D eigenvalue weighted by molar-refractivity contribution is 5.63. The van der Waals surface area contributed by atoms with Crippen LogP contribution in [0.4, 0.5) is 14.6 Å². The lowest BCUT2D eigenvalue weighted by atomic mass is 10.1. The molecule has 0 spiro atoms. The van der Waals surface area contributed by atoms with Crippen molar-refractivity contribution >= 4 is 5.82 Å². The smallest absolute Gasteiger partial charge is 0.148 e. The van der Waals surface area contributed by atoms with Crippen molar-refractivity contribution in [2.75, 3.05) is 5.32 Å². The van der Waals surface area contributed by atoms with Crippen molar-refractivity contribution in [2.24, 2.45) is 0 Å². The minimum Gasteiger partial charge on any atom is -0.366 e. The topological polar surface area (TPSA) is 40.7 Å². The van der Waals surface area contributed by atoms with E-state index in [0.29, 0.717) is 23.1 Å². The zero-order valence-corrected chi connectivity index (χ0v) is 9.00. The molecule has 0 atom stereocenters. The van der Waals surface area contributed by atoms with E-state index in [1.807, 2.05) is 0 Å². The van der Waals surface area contributed by atoms with Gasteiger partial charge in [-0.05, 0) is 25.0 Å². The maximum Gasteiger partial charge on any atom is 0.148 e. The van der Waals surface area contributed by atoms with Gasteiger partial charge in [-0.2, -0.15) is 5.10 Å². The standard InChI is InChI=1S/C12H11F2N3/c13-7-1-4-9(10(14)5-7)11-6-12(17-16-11)15-8-2-3-8/h1,4-6,8H,2-3H2,(H2,15,16,17). The second-order valence-corrected chi connectivity index (χ2v) is 4.21. The Kier molecular flexibility index (Phi) is 2.31. The highest BCUT2D eigenvalue weighted by Gasteiger charge is 2.22. The molecule has 0 amide bonds. The van der Waals surface area contributed by atoms with Gasteiger partial charge in [-0.25, -0.2) is 8.78 Å². The van der Waals surface area contributed by atoms with Crippen LogP contribution in [0.1, 0.15) is 12.8 Å². The summed E-state index contributed by atoms with van der Waals surface area (Å²) in [5, 5.41) is 9.98. The number of aromatic amines is 1. The van der Waals surface area contributed by atoms with Crippen molar-refractivity contribution in [3.63, 3.8) is 0 Å². The number of H-pyrrole nitrogens is 1. The Morgan fingerprint density at radius 2 is 2.06 bits per heavy atom. The van der Waals surface area contributed by atoms with Crippen LogP contribution in [0.25, 0.3) is 11.3 Å². The SMILES string of the molecule is Fc1ccc(-c2cc(NC3CC3)n[nH]2)c(F)c1. The molecule has 2 aromatic rings. The van der Waals surface area contributed by atoms with Gasteiger partial charge < -0.3 is 5.32 Å². The van der Waals surface area contributed by atoms with Gasteiger partial charge >= 0.3 is 0 Å². The van der Waals surface area contributed by atoms with Gasteiger partial charge in [0, 0.05) is 23.7 Å². The van der Waals surface area contributed by atoms with Gasteiger partial charge in [0.05, 0.1) is 5.69 Å². The number of benzene rings is 1. The fourth-order valence-electron chi connectivity index (χ4n) is 1.68. The van der Waals surface area contributed by atoms with E-state index >= 15 is 0 Å². The Bertz CT molecular complexity index is 546. The molecule has 88 valence electrons. The van der Waals surface area contributed by atoms with Crippen molar-refractivity contribution in [1.29, 1.82) is 0 Å². The third kappa shape index (κ3) is 2.13. The summed E-state index contributed by atoms with van der Waals surface area (Å²) in [5.74, 6) is -0.472. The van der Waals surface area contributed by atoms with Gasteiger partial charge in [0.1, 0.15) is 17.5 Å². The van der Waals surface area contributed by atoms with Crippen LogP contribution < -0.4 is 5.32 Å². The van der Waals surface area contributed by atoms with Crippen LogP contribution in [0, 0.1) is 11.6 Å². The Hall–Kier alpha value is -1.91. The third-order valence-corrected chi connectivity index (χ3v) is 2.73. The molecule has 0 radical (unpaired) electrons. The van der Waals surface area contributed by atoms with Crippen molar-refractivity contribution in [3.05, 3.63) is 35.9 Å². The molecule has 1 heterocycles. The molecule has 17 heavy (non-hydrogen) atoms. The molecular formula is C12H11F2N3. The van der Waals surface area contributed by atoms with E-state index in [9.17, 15) is 8.78 Å². The quantitative estimate of drug-likeness (QED) is 0.858. The Balaban J connectivity index is 1.89. The Morgan fingerprint density at radius 3 is 2.76 bits per heavy atom. The van der Waals surface area contributed by atoms with Gasteiger partial charge in [0.15, 0.2) is 0 Å².